The molecule has 176 valence electrons. The van der Waals surface area contributed by atoms with E-state index in [1.54, 1.807) is 0 Å². The summed E-state index contributed by atoms with van der Waals surface area (Å²) in [6.45, 7) is 13.5. The van der Waals surface area contributed by atoms with Crippen molar-refractivity contribution in [3.8, 4) is 11.3 Å². The first-order valence-electron chi connectivity index (χ1n) is 12.5. The largest absolute Gasteiger partial charge is 0.460 e. The van der Waals surface area contributed by atoms with Crippen LogP contribution >= 0.6 is 11.3 Å². The first kappa shape index (κ1) is 22.3. The summed E-state index contributed by atoms with van der Waals surface area (Å²) in [5, 5.41) is 6.22. The monoisotopic (exact) mass is 477 g/mol. The van der Waals surface area contributed by atoms with Crippen molar-refractivity contribution in [1.29, 1.82) is 0 Å². The first-order valence-corrected chi connectivity index (χ1v) is 13.3. The Hall–Kier alpha value is -3.17. The topological polar surface area (TPSA) is 26.0 Å². The van der Waals surface area contributed by atoms with Crippen LogP contribution in [0.3, 0.4) is 0 Å². The molecule has 0 saturated carbocycles. The van der Waals surface area contributed by atoms with Gasteiger partial charge >= 0.3 is 0 Å². The molecule has 3 aromatic heterocycles. The number of furan rings is 1. The summed E-state index contributed by atoms with van der Waals surface area (Å²) in [6.07, 6.45) is 2.98. The molecule has 2 nitrogen and oxygen atoms in total. The van der Waals surface area contributed by atoms with Crippen molar-refractivity contribution in [2.24, 2.45) is 5.92 Å². The number of nitrogens with zero attached hydrogens (tertiary/aromatic N) is 1. The molecule has 0 spiro atoms. The third-order valence-corrected chi connectivity index (χ3v) is 8.18. The van der Waals surface area contributed by atoms with Crippen LogP contribution in [0.4, 0.5) is 0 Å². The van der Waals surface area contributed by atoms with E-state index in [1.165, 1.54) is 53.0 Å². The smallest absolute Gasteiger partial charge is 0.143 e. The highest BCUT2D eigenvalue weighted by atomic mass is 32.1. The minimum absolute atomic E-state index is 0.0252. The van der Waals surface area contributed by atoms with Gasteiger partial charge in [0.05, 0.1) is 5.69 Å². The second-order valence-electron chi connectivity index (χ2n) is 11.2. The van der Waals surface area contributed by atoms with Crippen LogP contribution in [0.5, 0.6) is 0 Å². The normalized spacial score (nSPS) is 12.7. The Labute approximate surface area is 210 Å². The molecule has 0 aliphatic heterocycles. The molecule has 3 heterocycles. The summed E-state index contributed by atoms with van der Waals surface area (Å²) in [5.41, 5.74) is 5.92. The molecule has 0 N–H and O–H groups in total. The second-order valence-corrected chi connectivity index (χ2v) is 12.3. The Bertz CT molecular complexity index is 1740. The molecular weight excluding hydrogens is 446 g/mol. The van der Waals surface area contributed by atoms with Gasteiger partial charge in [-0.15, -0.1) is 11.3 Å². The SMILES string of the molecule is Cc1oc2c(ccc3sc4ccnc(-c5cc(C(C)(C)C)c6ccccc6c5)c4c32)c1CC(C)C. The van der Waals surface area contributed by atoms with Crippen LogP contribution in [-0.2, 0) is 11.8 Å². The zero-order chi connectivity index (χ0) is 24.5. The molecule has 6 rings (SSSR count). The predicted octanol–water partition coefficient (Wildman–Crippen LogP) is 9.82. The van der Waals surface area contributed by atoms with Gasteiger partial charge in [0, 0.05) is 42.9 Å². The first-order chi connectivity index (χ1) is 16.7. The molecule has 0 aliphatic carbocycles. The maximum absolute atomic E-state index is 6.50. The van der Waals surface area contributed by atoms with E-state index in [9.17, 15) is 0 Å². The molecule has 0 amide bonds. The molecule has 0 aliphatic rings. The van der Waals surface area contributed by atoms with Crippen molar-refractivity contribution >= 4 is 53.3 Å². The van der Waals surface area contributed by atoms with Gasteiger partial charge in [0.25, 0.3) is 0 Å². The molecule has 0 radical (unpaired) electrons. The molecule has 3 aromatic carbocycles. The molecule has 0 bridgehead atoms. The van der Waals surface area contributed by atoms with Gasteiger partial charge in [-0.2, -0.15) is 0 Å². The van der Waals surface area contributed by atoms with Crippen LogP contribution in [-0.4, -0.2) is 4.98 Å². The van der Waals surface area contributed by atoms with Crippen LogP contribution in [0.25, 0.3) is 53.2 Å². The molecule has 3 heteroatoms. The number of benzene rings is 3. The molecule has 0 saturated heterocycles. The van der Waals surface area contributed by atoms with E-state index in [4.69, 9.17) is 9.40 Å². The molecular formula is C32H31NOS. The lowest BCUT2D eigenvalue weighted by atomic mass is 9.82. The van der Waals surface area contributed by atoms with Crippen LogP contribution in [0.2, 0.25) is 0 Å². The lowest BCUT2D eigenvalue weighted by Crippen LogP contribution is -2.12. The van der Waals surface area contributed by atoms with E-state index in [1.807, 2.05) is 17.5 Å². The molecule has 0 fully saturated rings. The van der Waals surface area contributed by atoms with E-state index >= 15 is 0 Å². The van der Waals surface area contributed by atoms with E-state index in [0.717, 1.165) is 23.5 Å². The van der Waals surface area contributed by atoms with Gasteiger partial charge in [0.1, 0.15) is 11.3 Å². The van der Waals surface area contributed by atoms with Gasteiger partial charge in [-0.05, 0) is 71.3 Å². The van der Waals surface area contributed by atoms with Crippen molar-refractivity contribution in [2.75, 3.05) is 0 Å². The number of thiophene rings is 1. The fraction of sp³-hybridized carbons (Fsp3) is 0.281. The zero-order valence-electron chi connectivity index (χ0n) is 21.3. The second kappa shape index (κ2) is 7.93. The highest BCUT2D eigenvalue weighted by Crippen LogP contribution is 2.45. The van der Waals surface area contributed by atoms with Gasteiger partial charge in [0.2, 0.25) is 0 Å². The minimum atomic E-state index is 0.0252. The van der Waals surface area contributed by atoms with Gasteiger partial charge in [-0.1, -0.05) is 58.9 Å². The van der Waals surface area contributed by atoms with E-state index in [-0.39, 0.29) is 5.41 Å². The number of pyridine rings is 1. The number of fused-ring (bicyclic) bond motifs is 6. The molecule has 0 atom stereocenters. The zero-order valence-corrected chi connectivity index (χ0v) is 22.1. The molecule has 35 heavy (non-hydrogen) atoms. The summed E-state index contributed by atoms with van der Waals surface area (Å²) >= 11 is 1.83. The molecule has 6 aromatic rings. The van der Waals surface area contributed by atoms with Crippen molar-refractivity contribution in [2.45, 2.75) is 53.4 Å². The Morgan fingerprint density at radius 1 is 0.914 bits per heavy atom. The summed E-state index contributed by atoms with van der Waals surface area (Å²) in [7, 11) is 0. The van der Waals surface area contributed by atoms with E-state index < -0.39 is 0 Å². The average Bonchev–Trinajstić information content (AvgIpc) is 3.34. The predicted molar refractivity (Wildman–Crippen MR) is 152 cm³/mol. The number of hydrogen-bond acceptors (Lipinski definition) is 3. The van der Waals surface area contributed by atoms with Crippen LogP contribution < -0.4 is 0 Å². The lowest BCUT2D eigenvalue weighted by Gasteiger charge is -2.23. The van der Waals surface area contributed by atoms with Crippen molar-refractivity contribution in [3.63, 3.8) is 0 Å². The summed E-state index contributed by atoms with van der Waals surface area (Å²) in [5.74, 6) is 1.61. The van der Waals surface area contributed by atoms with Crippen molar-refractivity contribution in [1.82, 2.24) is 4.98 Å². The quantitative estimate of drug-likeness (QED) is 0.253. The Kier molecular flexibility index (Phi) is 5.05. The number of aryl methyl sites for hydroxylation is 1. The number of hydrogen-bond donors (Lipinski definition) is 0. The van der Waals surface area contributed by atoms with E-state index in [0.29, 0.717) is 5.92 Å². The van der Waals surface area contributed by atoms with Crippen molar-refractivity contribution in [3.05, 3.63) is 77.7 Å². The van der Waals surface area contributed by atoms with Crippen LogP contribution in [0.15, 0.2) is 65.2 Å². The third kappa shape index (κ3) is 3.56. The summed E-state index contributed by atoms with van der Waals surface area (Å²) in [6, 6.07) is 20.0. The standard InChI is InChI=1S/C32H31NOS/c1-18(2)15-24-19(3)34-31-23(24)11-12-26-29(31)28-27(35-26)13-14-33-30(28)21-16-20-9-7-8-10-22(20)25(17-21)32(4,5)6/h7-14,16-18H,15H2,1-6H3. The third-order valence-electron chi connectivity index (χ3n) is 7.06. The maximum atomic E-state index is 6.50. The van der Waals surface area contributed by atoms with E-state index in [2.05, 4.69) is 96.1 Å². The fourth-order valence-electron chi connectivity index (χ4n) is 5.47. The Balaban J connectivity index is 1.71. The van der Waals surface area contributed by atoms with Gasteiger partial charge in [-0.3, -0.25) is 4.98 Å². The van der Waals surface area contributed by atoms with Crippen LogP contribution in [0, 0.1) is 12.8 Å². The minimum Gasteiger partial charge on any atom is -0.460 e. The van der Waals surface area contributed by atoms with Gasteiger partial charge in [-0.25, -0.2) is 0 Å². The highest BCUT2D eigenvalue weighted by molar-refractivity contribution is 7.26. The molecule has 0 unspecified atom stereocenters. The number of rotatable bonds is 3. The summed E-state index contributed by atoms with van der Waals surface area (Å²) in [4.78, 5) is 4.98. The lowest BCUT2D eigenvalue weighted by molar-refractivity contribution is 0.562. The average molecular weight is 478 g/mol. The Morgan fingerprint density at radius 3 is 2.46 bits per heavy atom. The maximum Gasteiger partial charge on any atom is 0.143 e. The van der Waals surface area contributed by atoms with Crippen molar-refractivity contribution < 1.29 is 4.42 Å². The summed E-state index contributed by atoms with van der Waals surface area (Å²) < 4.78 is 9.00. The Morgan fingerprint density at radius 2 is 1.69 bits per heavy atom. The fourth-order valence-corrected chi connectivity index (χ4v) is 6.57. The van der Waals surface area contributed by atoms with Gasteiger partial charge < -0.3 is 4.42 Å². The van der Waals surface area contributed by atoms with Gasteiger partial charge in [0.15, 0.2) is 0 Å². The highest BCUT2D eigenvalue weighted by Gasteiger charge is 2.22. The van der Waals surface area contributed by atoms with Crippen LogP contribution in [0.1, 0.15) is 51.5 Å². The number of aromatic nitrogens is 1.